The molecule has 5 nitrogen and oxygen atoms in total. The zero-order valence-corrected chi connectivity index (χ0v) is 14.7. The highest BCUT2D eigenvalue weighted by Crippen LogP contribution is 2.24. The predicted octanol–water partition coefficient (Wildman–Crippen LogP) is 4.02. The summed E-state index contributed by atoms with van der Waals surface area (Å²) in [5, 5.41) is 14.0. The van der Waals surface area contributed by atoms with Crippen LogP contribution in [0.1, 0.15) is 23.7 Å². The van der Waals surface area contributed by atoms with E-state index in [4.69, 9.17) is 33.2 Å². The molecule has 0 saturated carbocycles. The highest BCUT2D eigenvalue weighted by Gasteiger charge is 2.13. The first-order valence-corrected chi connectivity index (χ1v) is 7.92. The Labute approximate surface area is 150 Å². The van der Waals surface area contributed by atoms with Gasteiger partial charge in [-0.05, 0) is 31.6 Å². The molecule has 0 radical (unpaired) electrons. The maximum atomic E-state index is 11.6. The molecule has 0 aliphatic rings. The lowest BCUT2D eigenvalue weighted by Gasteiger charge is -2.05. The van der Waals surface area contributed by atoms with Crippen LogP contribution in [0.5, 0.6) is 0 Å². The van der Waals surface area contributed by atoms with Crippen LogP contribution < -0.4 is 0 Å². The fraction of sp³-hybridized carbons (Fsp3) is 0.235. The van der Waals surface area contributed by atoms with Gasteiger partial charge in [0, 0.05) is 16.7 Å². The van der Waals surface area contributed by atoms with Gasteiger partial charge in [-0.1, -0.05) is 41.4 Å². The Bertz CT molecular complexity index is 822. The van der Waals surface area contributed by atoms with E-state index in [-0.39, 0.29) is 0 Å². The van der Waals surface area contributed by atoms with Gasteiger partial charge in [-0.25, -0.2) is 9.48 Å². The van der Waals surface area contributed by atoms with E-state index in [1.165, 1.54) is 19.1 Å². The van der Waals surface area contributed by atoms with Gasteiger partial charge >= 0.3 is 5.97 Å². The maximum absolute atomic E-state index is 11.6. The van der Waals surface area contributed by atoms with Crippen molar-refractivity contribution in [3.8, 4) is 6.07 Å². The molecule has 0 N–H and O–H groups in total. The third kappa shape index (κ3) is 4.38. The Morgan fingerprint density at radius 2 is 2.17 bits per heavy atom. The van der Waals surface area contributed by atoms with Crippen molar-refractivity contribution in [2.45, 2.75) is 26.5 Å². The Hall–Kier alpha value is -2.29. The summed E-state index contributed by atoms with van der Waals surface area (Å²) in [7, 11) is 0. The van der Waals surface area contributed by atoms with Crippen molar-refractivity contribution in [1.29, 1.82) is 5.26 Å². The number of hydrogen-bond acceptors (Lipinski definition) is 4. The van der Waals surface area contributed by atoms with Crippen molar-refractivity contribution in [3.63, 3.8) is 0 Å². The molecule has 2 rings (SSSR count). The maximum Gasteiger partial charge on any atom is 0.332 e. The number of hydrogen-bond donors (Lipinski definition) is 0. The number of aromatic nitrogens is 2. The monoisotopic (exact) mass is 363 g/mol. The molecule has 0 saturated heterocycles. The van der Waals surface area contributed by atoms with Crippen molar-refractivity contribution in [1.82, 2.24) is 9.78 Å². The summed E-state index contributed by atoms with van der Waals surface area (Å²) in [6, 6.07) is 9.25. The first-order valence-electron chi connectivity index (χ1n) is 7.17. The highest BCUT2D eigenvalue weighted by atomic mass is 35.5. The molecular formula is C17H15Cl2N3O2. The molecule has 24 heavy (non-hydrogen) atoms. The molecule has 0 spiro atoms. The second-order valence-corrected chi connectivity index (χ2v) is 5.85. The number of ether oxygens (including phenoxy) is 1. The summed E-state index contributed by atoms with van der Waals surface area (Å²) < 4.78 is 6.46. The van der Waals surface area contributed by atoms with Crippen LogP contribution in [0.3, 0.4) is 0 Å². The van der Waals surface area contributed by atoms with E-state index < -0.39 is 12.1 Å². The van der Waals surface area contributed by atoms with Crippen LogP contribution in [-0.4, -0.2) is 21.9 Å². The number of esters is 1. The van der Waals surface area contributed by atoms with Gasteiger partial charge in [-0.15, -0.1) is 0 Å². The van der Waals surface area contributed by atoms with Crippen molar-refractivity contribution in [2.24, 2.45) is 0 Å². The lowest BCUT2D eigenvalue weighted by Crippen LogP contribution is -2.10. The highest BCUT2D eigenvalue weighted by molar-refractivity contribution is 6.32. The van der Waals surface area contributed by atoms with Gasteiger partial charge < -0.3 is 4.74 Å². The van der Waals surface area contributed by atoms with E-state index in [2.05, 4.69) is 5.10 Å². The van der Waals surface area contributed by atoms with Gasteiger partial charge in [0.05, 0.1) is 12.2 Å². The summed E-state index contributed by atoms with van der Waals surface area (Å²) in [4.78, 5) is 11.6. The number of nitrogens with zero attached hydrogens (tertiary/aromatic N) is 3. The molecule has 0 bridgehead atoms. The second kappa shape index (κ2) is 8.00. The second-order valence-electron chi connectivity index (χ2n) is 5.08. The third-order valence-corrected chi connectivity index (χ3v) is 4.02. The van der Waals surface area contributed by atoms with Gasteiger partial charge in [0.25, 0.3) is 0 Å². The third-order valence-electron chi connectivity index (χ3n) is 3.25. The molecule has 1 atom stereocenters. The number of halogens is 2. The molecule has 7 heteroatoms. The Balaban J connectivity index is 2.19. The van der Waals surface area contributed by atoms with Crippen molar-refractivity contribution >= 4 is 35.2 Å². The SMILES string of the molecule is Cc1nn(Cc2ccccc2Cl)c(Cl)c1/C=C/C(=O)O[C@H](C)C#N. The number of carbonyl (C=O) groups excluding carboxylic acids is 1. The van der Waals surface area contributed by atoms with Crippen LogP contribution in [0, 0.1) is 18.3 Å². The standard InChI is InChI=1S/C17H15Cl2N3O2/c1-11(9-20)24-16(23)8-7-14-12(2)21-22(17(14)19)10-13-5-3-4-6-15(13)18/h3-8,11H,10H2,1-2H3/b8-7+/t11-/m1/s1. The van der Waals surface area contributed by atoms with E-state index in [1.807, 2.05) is 24.3 Å². The molecule has 124 valence electrons. The Morgan fingerprint density at radius 3 is 2.83 bits per heavy atom. The number of rotatable bonds is 5. The van der Waals surface area contributed by atoms with E-state index >= 15 is 0 Å². The van der Waals surface area contributed by atoms with Crippen molar-refractivity contribution < 1.29 is 9.53 Å². The van der Waals surface area contributed by atoms with Crippen LogP contribution in [0.2, 0.25) is 10.2 Å². The van der Waals surface area contributed by atoms with E-state index in [1.54, 1.807) is 17.7 Å². The molecule has 0 fully saturated rings. The summed E-state index contributed by atoms with van der Waals surface area (Å²) in [6.07, 6.45) is 1.95. The van der Waals surface area contributed by atoms with Crippen LogP contribution in [-0.2, 0) is 16.1 Å². The minimum absolute atomic E-state index is 0.393. The fourth-order valence-corrected chi connectivity index (χ4v) is 2.53. The van der Waals surface area contributed by atoms with Crippen LogP contribution >= 0.6 is 23.2 Å². The lowest BCUT2D eigenvalue weighted by atomic mass is 10.2. The minimum Gasteiger partial charge on any atom is -0.444 e. The molecule has 1 aromatic carbocycles. The van der Waals surface area contributed by atoms with Crippen molar-refractivity contribution in [3.05, 3.63) is 57.3 Å². The van der Waals surface area contributed by atoms with E-state index in [0.29, 0.717) is 28.0 Å². The van der Waals surface area contributed by atoms with E-state index in [9.17, 15) is 4.79 Å². The van der Waals surface area contributed by atoms with Crippen LogP contribution in [0.15, 0.2) is 30.3 Å². The molecular weight excluding hydrogens is 349 g/mol. The smallest absolute Gasteiger partial charge is 0.332 e. The topological polar surface area (TPSA) is 67.9 Å². The number of carbonyl (C=O) groups is 1. The number of benzene rings is 1. The quantitative estimate of drug-likeness (QED) is 0.594. The molecule has 0 unspecified atom stereocenters. The predicted molar refractivity (Wildman–Crippen MR) is 92.7 cm³/mol. The zero-order valence-electron chi connectivity index (χ0n) is 13.2. The van der Waals surface area contributed by atoms with Gasteiger partial charge in [0.1, 0.15) is 11.2 Å². The molecule has 2 aromatic rings. The van der Waals surface area contributed by atoms with Gasteiger partial charge in [-0.2, -0.15) is 10.4 Å². The van der Waals surface area contributed by atoms with Crippen LogP contribution in [0.4, 0.5) is 0 Å². The molecule has 0 aliphatic carbocycles. The summed E-state index contributed by atoms with van der Waals surface area (Å²) >= 11 is 12.5. The summed E-state index contributed by atoms with van der Waals surface area (Å²) in [5.41, 5.74) is 2.18. The van der Waals surface area contributed by atoms with Crippen molar-refractivity contribution in [2.75, 3.05) is 0 Å². The van der Waals surface area contributed by atoms with Gasteiger partial charge in [0.2, 0.25) is 0 Å². The largest absolute Gasteiger partial charge is 0.444 e. The minimum atomic E-state index is -0.804. The summed E-state index contributed by atoms with van der Waals surface area (Å²) in [5.74, 6) is -0.613. The first kappa shape index (κ1) is 18.1. The lowest BCUT2D eigenvalue weighted by molar-refractivity contribution is -0.139. The summed E-state index contributed by atoms with van der Waals surface area (Å²) in [6.45, 7) is 3.70. The molecule has 0 amide bonds. The average molecular weight is 364 g/mol. The Kier molecular flexibility index (Phi) is 6.02. The van der Waals surface area contributed by atoms with Gasteiger partial charge in [0.15, 0.2) is 6.10 Å². The Morgan fingerprint density at radius 1 is 1.46 bits per heavy atom. The molecule has 0 aliphatic heterocycles. The van der Waals surface area contributed by atoms with Crippen LogP contribution in [0.25, 0.3) is 6.08 Å². The average Bonchev–Trinajstić information content (AvgIpc) is 2.81. The first-order chi connectivity index (χ1) is 11.4. The van der Waals surface area contributed by atoms with Gasteiger partial charge in [-0.3, -0.25) is 0 Å². The van der Waals surface area contributed by atoms with E-state index in [0.717, 1.165) is 5.56 Å². The normalized spacial score (nSPS) is 12.1. The molecule has 1 heterocycles. The number of aryl methyl sites for hydroxylation is 1. The number of nitriles is 1. The fourth-order valence-electron chi connectivity index (χ4n) is 2.04. The zero-order chi connectivity index (χ0) is 17.7. The molecule has 1 aromatic heterocycles.